The van der Waals surface area contributed by atoms with E-state index in [4.69, 9.17) is 9.47 Å². The summed E-state index contributed by atoms with van der Waals surface area (Å²) in [6.45, 7) is 8.63. The van der Waals surface area contributed by atoms with Crippen molar-refractivity contribution < 1.29 is 29.3 Å². The highest BCUT2D eigenvalue weighted by molar-refractivity contribution is 5.67. The van der Waals surface area contributed by atoms with Crippen molar-refractivity contribution in [3.63, 3.8) is 0 Å². The van der Waals surface area contributed by atoms with Crippen LogP contribution in [0.1, 0.15) is 47.5 Å². The maximum absolute atomic E-state index is 11.5. The van der Waals surface area contributed by atoms with Crippen LogP contribution in [0, 0.1) is 22.2 Å². The van der Waals surface area contributed by atoms with E-state index in [2.05, 4.69) is 0 Å². The third-order valence-electron chi connectivity index (χ3n) is 7.14. The van der Waals surface area contributed by atoms with E-state index in [-0.39, 0.29) is 18.9 Å². The second kappa shape index (κ2) is 5.30. The van der Waals surface area contributed by atoms with E-state index in [1.807, 2.05) is 32.9 Å². The van der Waals surface area contributed by atoms with Gasteiger partial charge in [-0.2, -0.15) is 0 Å². The van der Waals surface area contributed by atoms with Crippen molar-refractivity contribution in [3.8, 4) is 0 Å². The Kier molecular flexibility index (Phi) is 3.90. The Hall–Kier alpha value is -1.40. The first kappa shape index (κ1) is 18.4. The minimum Gasteiger partial charge on any atom is -0.465 e. The minimum atomic E-state index is -1.26. The van der Waals surface area contributed by atoms with Gasteiger partial charge in [0.1, 0.15) is 12.7 Å². The summed E-state index contributed by atoms with van der Waals surface area (Å²) < 4.78 is 10.9. The van der Waals surface area contributed by atoms with Crippen molar-refractivity contribution in [2.45, 2.75) is 65.3 Å². The molecule has 140 valence electrons. The molecule has 6 heteroatoms. The van der Waals surface area contributed by atoms with E-state index in [0.717, 1.165) is 0 Å². The first-order valence-corrected chi connectivity index (χ1v) is 8.81. The normalized spacial score (nSPS) is 46.6. The summed E-state index contributed by atoms with van der Waals surface area (Å²) in [5, 5.41) is 22.2. The summed E-state index contributed by atoms with van der Waals surface area (Å²) in [5.41, 5.74) is -3.03. The van der Waals surface area contributed by atoms with Crippen LogP contribution in [0.3, 0.4) is 0 Å². The Bertz CT molecular complexity index is 640. The van der Waals surface area contributed by atoms with Gasteiger partial charge in [-0.15, -0.1) is 0 Å². The maximum atomic E-state index is 11.5. The molecule has 0 radical (unpaired) electrons. The standard InChI is InChI=1S/C19H28O6/c1-11(20)24-10-18-7-6-15(25-12(2)21)17(18,5)9-14(22)19(23)13(18)8-16(19,3)4/h6-7,13-15,22-23H,8-10H2,1-5H3/t13-,14+,15?,17-,18+,19-/m1/s1. The van der Waals surface area contributed by atoms with Gasteiger partial charge in [0.2, 0.25) is 0 Å². The molecule has 6 nitrogen and oxygen atoms in total. The third kappa shape index (κ3) is 2.16. The van der Waals surface area contributed by atoms with E-state index < -0.39 is 46.0 Å². The molecule has 0 aromatic heterocycles. The van der Waals surface area contributed by atoms with Gasteiger partial charge >= 0.3 is 11.9 Å². The molecule has 0 spiro atoms. The molecule has 2 fully saturated rings. The van der Waals surface area contributed by atoms with Gasteiger partial charge in [0.25, 0.3) is 0 Å². The number of fused-ring (bicyclic) bond motifs is 3. The summed E-state index contributed by atoms with van der Waals surface area (Å²) in [5.74, 6) is -1.07. The molecule has 6 atom stereocenters. The second-order valence-electron chi connectivity index (χ2n) is 8.81. The minimum absolute atomic E-state index is 0.100. The molecular formula is C19H28O6. The van der Waals surface area contributed by atoms with Gasteiger partial charge in [-0.3, -0.25) is 9.59 Å². The molecule has 3 aliphatic carbocycles. The molecule has 0 aromatic carbocycles. The highest BCUT2D eigenvalue weighted by Crippen LogP contribution is 2.73. The largest absolute Gasteiger partial charge is 0.465 e. The predicted molar refractivity (Wildman–Crippen MR) is 89.3 cm³/mol. The number of ether oxygens (including phenoxy) is 2. The van der Waals surface area contributed by atoms with Crippen LogP contribution >= 0.6 is 0 Å². The van der Waals surface area contributed by atoms with E-state index >= 15 is 0 Å². The van der Waals surface area contributed by atoms with Crippen LogP contribution < -0.4 is 0 Å². The fourth-order valence-electron chi connectivity index (χ4n) is 5.62. The molecule has 0 heterocycles. The predicted octanol–water partition coefficient (Wildman–Crippen LogP) is 1.59. The van der Waals surface area contributed by atoms with Crippen molar-refractivity contribution in [2.75, 3.05) is 6.61 Å². The number of esters is 2. The SMILES string of the molecule is CC(=O)OC[C@]12C=CC(OC(C)=O)[C@@]1(C)C[C@H](O)[C@]1(O)[C@@H]2CC1(C)C. The molecule has 2 saturated carbocycles. The second-order valence-corrected chi connectivity index (χ2v) is 8.81. The van der Waals surface area contributed by atoms with Crippen molar-refractivity contribution in [3.05, 3.63) is 12.2 Å². The summed E-state index contributed by atoms with van der Waals surface area (Å²) in [7, 11) is 0. The van der Waals surface area contributed by atoms with Gasteiger partial charge in [0.15, 0.2) is 0 Å². The molecule has 1 unspecified atom stereocenters. The number of aliphatic hydroxyl groups excluding tert-OH is 1. The van der Waals surface area contributed by atoms with Crippen molar-refractivity contribution >= 4 is 11.9 Å². The number of carbonyl (C=O) groups excluding carboxylic acids is 2. The first-order chi connectivity index (χ1) is 11.4. The van der Waals surface area contributed by atoms with Crippen LogP contribution in [0.2, 0.25) is 0 Å². The van der Waals surface area contributed by atoms with Gasteiger partial charge in [0, 0.05) is 30.6 Å². The van der Waals surface area contributed by atoms with Gasteiger partial charge < -0.3 is 19.7 Å². The zero-order valence-electron chi connectivity index (χ0n) is 15.5. The third-order valence-corrected chi connectivity index (χ3v) is 7.14. The molecule has 25 heavy (non-hydrogen) atoms. The van der Waals surface area contributed by atoms with E-state index in [9.17, 15) is 19.8 Å². The Labute approximate surface area is 148 Å². The van der Waals surface area contributed by atoms with Gasteiger partial charge in [-0.1, -0.05) is 26.8 Å². The smallest absolute Gasteiger partial charge is 0.303 e. The number of hydrogen-bond acceptors (Lipinski definition) is 6. The molecule has 3 aliphatic rings. The molecule has 0 bridgehead atoms. The summed E-state index contributed by atoms with van der Waals surface area (Å²) in [6, 6.07) is 0. The van der Waals surface area contributed by atoms with Gasteiger partial charge in [-0.25, -0.2) is 0 Å². The number of carbonyl (C=O) groups is 2. The average Bonchev–Trinajstić information content (AvgIpc) is 2.74. The van der Waals surface area contributed by atoms with E-state index in [1.54, 1.807) is 0 Å². The fourth-order valence-corrected chi connectivity index (χ4v) is 5.62. The number of hydrogen-bond donors (Lipinski definition) is 2. The quantitative estimate of drug-likeness (QED) is 0.592. The molecule has 0 aromatic rings. The Morgan fingerprint density at radius 3 is 2.32 bits per heavy atom. The molecule has 2 N–H and O–H groups in total. The van der Waals surface area contributed by atoms with E-state index in [0.29, 0.717) is 6.42 Å². The zero-order chi connectivity index (χ0) is 18.8. The Morgan fingerprint density at radius 1 is 1.16 bits per heavy atom. The monoisotopic (exact) mass is 352 g/mol. The lowest BCUT2D eigenvalue weighted by Crippen LogP contribution is -2.78. The van der Waals surface area contributed by atoms with Crippen molar-refractivity contribution in [2.24, 2.45) is 22.2 Å². The topological polar surface area (TPSA) is 93.1 Å². The Morgan fingerprint density at radius 2 is 1.80 bits per heavy atom. The number of rotatable bonds is 3. The molecule has 0 aliphatic heterocycles. The molecule has 0 saturated heterocycles. The van der Waals surface area contributed by atoms with Crippen LogP contribution in [-0.4, -0.2) is 46.6 Å². The van der Waals surface area contributed by atoms with E-state index in [1.165, 1.54) is 13.8 Å². The lowest BCUT2D eigenvalue weighted by molar-refractivity contribution is -0.331. The Balaban J connectivity index is 2.05. The molecular weight excluding hydrogens is 324 g/mol. The highest BCUT2D eigenvalue weighted by atomic mass is 16.5. The summed E-state index contributed by atoms with van der Waals surface area (Å²) >= 11 is 0. The summed E-state index contributed by atoms with van der Waals surface area (Å²) in [6.07, 6.45) is 3.23. The van der Waals surface area contributed by atoms with Crippen molar-refractivity contribution in [1.29, 1.82) is 0 Å². The maximum Gasteiger partial charge on any atom is 0.303 e. The lowest BCUT2D eigenvalue weighted by Gasteiger charge is -2.71. The first-order valence-electron chi connectivity index (χ1n) is 8.81. The lowest BCUT2D eigenvalue weighted by atomic mass is 9.35. The van der Waals surface area contributed by atoms with Crippen LogP contribution in [0.15, 0.2) is 12.2 Å². The van der Waals surface area contributed by atoms with Crippen LogP contribution in [-0.2, 0) is 19.1 Å². The summed E-state index contributed by atoms with van der Waals surface area (Å²) in [4.78, 5) is 23.0. The van der Waals surface area contributed by atoms with Gasteiger partial charge in [-0.05, 0) is 24.3 Å². The van der Waals surface area contributed by atoms with Crippen LogP contribution in [0.5, 0.6) is 0 Å². The molecule has 0 amide bonds. The van der Waals surface area contributed by atoms with Crippen LogP contribution in [0.4, 0.5) is 0 Å². The number of aliphatic hydroxyl groups is 2. The van der Waals surface area contributed by atoms with Gasteiger partial charge in [0.05, 0.1) is 11.7 Å². The van der Waals surface area contributed by atoms with Crippen molar-refractivity contribution in [1.82, 2.24) is 0 Å². The highest BCUT2D eigenvalue weighted by Gasteiger charge is 2.77. The fraction of sp³-hybridized carbons (Fsp3) is 0.789. The average molecular weight is 352 g/mol. The zero-order valence-corrected chi connectivity index (χ0v) is 15.5. The molecule has 3 rings (SSSR count). The van der Waals surface area contributed by atoms with Crippen LogP contribution in [0.25, 0.3) is 0 Å².